The molecular formula is C30H38ClF2N5O3. The molecule has 11 heteroatoms. The molecule has 0 bridgehead atoms. The number of hydrogen-bond acceptors (Lipinski definition) is 7. The van der Waals surface area contributed by atoms with Gasteiger partial charge < -0.3 is 15.2 Å². The third kappa shape index (κ3) is 8.44. The number of rotatable bonds is 6. The highest BCUT2D eigenvalue weighted by molar-refractivity contribution is 6.30. The van der Waals surface area contributed by atoms with Gasteiger partial charge in [-0.2, -0.15) is 5.26 Å². The summed E-state index contributed by atoms with van der Waals surface area (Å²) in [5.74, 6) is -2.83. The molecule has 2 heterocycles. The minimum absolute atomic E-state index is 0.0541. The maximum atomic E-state index is 13.6. The van der Waals surface area contributed by atoms with Crippen LogP contribution in [-0.2, 0) is 15.0 Å². The third-order valence-electron chi connectivity index (χ3n) is 7.54. The first-order valence-corrected chi connectivity index (χ1v) is 14.1. The van der Waals surface area contributed by atoms with Crippen molar-refractivity contribution in [3.63, 3.8) is 0 Å². The molecule has 1 amide bonds. The van der Waals surface area contributed by atoms with Crippen LogP contribution in [0.25, 0.3) is 0 Å². The Balaban J connectivity index is 0.000000389. The highest BCUT2D eigenvalue weighted by Gasteiger charge is 2.41. The summed E-state index contributed by atoms with van der Waals surface area (Å²) >= 11 is 6.07. The first-order chi connectivity index (χ1) is 19.3. The number of anilines is 1. The molecule has 2 aromatic rings. The molecule has 1 saturated carbocycles. The Labute approximate surface area is 245 Å². The van der Waals surface area contributed by atoms with Gasteiger partial charge in [0.05, 0.1) is 17.7 Å². The van der Waals surface area contributed by atoms with Crippen LogP contribution in [0.15, 0.2) is 42.7 Å². The van der Waals surface area contributed by atoms with Gasteiger partial charge in [-0.3, -0.25) is 19.6 Å². The van der Waals surface area contributed by atoms with E-state index in [2.05, 4.69) is 31.1 Å². The topological polar surface area (TPSA) is 110 Å². The van der Waals surface area contributed by atoms with Crippen LogP contribution in [0.4, 0.5) is 14.5 Å². The Morgan fingerprint density at radius 1 is 1.27 bits per heavy atom. The van der Waals surface area contributed by atoms with Crippen molar-refractivity contribution in [3.05, 3.63) is 58.9 Å². The Morgan fingerprint density at radius 2 is 1.90 bits per heavy atom. The van der Waals surface area contributed by atoms with Gasteiger partial charge in [-0.05, 0) is 49.1 Å². The largest absolute Gasteiger partial charge is 0.391 e. The second-order valence-electron chi connectivity index (χ2n) is 11.6. The lowest BCUT2D eigenvalue weighted by molar-refractivity contribution is -0.124. The minimum Gasteiger partial charge on any atom is -0.391 e. The Bertz CT molecular complexity index is 1220. The van der Waals surface area contributed by atoms with Gasteiger partial charge in [-0.25, -0.2) is 8.78 Å². The van der Waals surface area contributed by atoms with E-state index in [9.17, 15) is 28.7 Å². The van der Waals surface area contributed by atoms with Crippen LogP contribution in [0.1, 0.15) is 70.0 Å². The number of nitrogens with one attached hydrogen (secondary N) is 1. The van der Waals surface area contributed by atoms with Crippen LogP contribution in [0, 0.1) is 11.5 Å². The molecule has 1 aliphatic heterocycles. The van der Waals surface area contributed by atoms with Gasteiger partial charge >= 0.3 is 0 Å². The number of carbonyl (C=O) groups excluding carboxylic acids is 2. The van der Waals surface area contributed by atoms with Gasteiger partial charge in [0.1, 0.15) is 18.4 Å². The van der Waals surface area contributed by atoms with E-state index in [0.29, 0.717) is 41.4 Å². The van der Waals surface area contributed by atoms with Crippen molar-refractivity contribution in [1.29, 1.82) is 5.26 Å². The first kappa shape index (κ1) is 32.4. The van der Waals surface area contributed by atoms with Gasteiger partial charge in [-0.1, -0.05) is 44.5 Å². The van der Waals surface area contributed by atoms with E-state index in [1.165, 1.54) is 22.2 Å². The van der Waals surface area contributed by atoms with Crippen LogP contribution in [0.3, 0.4) is 0 Å². The molecular weight excluding hydrogens is 552 g/mol. The summed E-state index contributed by atoms with van der Waals surface area (Å²) < 4.78 is 25.0. The fourth-order valence-electron chi connectivity index (χ4n) is 5.07. The number of aldehydes is 1. The smallest absolute Gasteiger partial charge is 0.251 e. The number of nitriles is 1. The summed E-state index contributed by atoms with van der Waals surface area (Å²) in [5, 5.41) is 22.8. The number of amides is 1. The van der Waals surface area contributed by atoms with Crippen molar-refractivity contribution < 1.29 is 23.5 Å². The van der Waals surface area contributed by atoms with Gasteiger partial charge in [0, 0.05) is 48.9 Å². The molecule has 2 fully saturated rings. The molecule has 2 N–H and O–H groups in total. The van der Waals surface area contributed by atoms with Crippen molar-refractivity contribution in [2.24, 2.45) is 0 Å². The molecule has 1 aromatic carbocycles. The number of hydrogen-bond donors (Lipinski definition) is 2. The molecule has 0 radical (unpaired) electrons. The van der Waals surface area contributed by atoms with Crippen molar-refractivity contribution in [2.75, 3.05) is 18.5 Å². The first-order valence-electron chi connectivity index (χ1n) is 13.7. The summed E-state index contributed by atoms with van der Waals surface area (Å²) in [6.07, 6.45) is 6.22. The maximum Gasteiger partial charge on any atom is 0.251 e. The highest BCUT2D eigenvalue weighted by atomic mass is 35.5. The number of alkyl halides is 2. The number of aliphatic hydroxyl groups is 1. The standard InChI is InChI=1S/C23H25ClN4O3.C7H13F2N/c1-23(2,3)16-4-6-18(7-5-16)28(21(13-29)15-8-17(24)11-26-10-15)22(31)20-9-19(30)12-27(20)14-25;1-10-6-2-4-7(8,9)5-3-6/h4-8,10-11,13,19-21,30H,9,12H2,1-3H3;6,10H,2-5H2,1H3. The zero-order chi connectivity index (χ0) is 30.4. The lowest BCUT2D eigenvalue weighted by atomic mass is 9.87. The lowest BCUT2D eigenvalue weighted by Gasteiger charge is -2.32. The number of halogens is 3. The number of aliphatic hydroxyl groups excluding tert-OH is 1. The van der Waals surface area contributed by atoms with E-state index in [1.54, 1.807) is 18.2 Å². The van der Waals surface area contributed by atoms with Gasteiger partial charge in [-0.15, -0.1) is 0 Å². The molecule has 222 valence electrons. The summed E-state index contributed by atoms with van der Waals surface area (Å²) in [5.41, 5.74) is 1.96. The second kappa shape index (κ2) is 13.7. The van der Waals surface area contributed by atoms with Crippen LogP contribution in [-0.4, -0.2) is 64.9 Å². The molecule has 41 heavy (non-hydrogen) atoms. The number of benzene rings is 1. The van der Waals surface area contributed by atoms with Gasteiger partial charge in [0.2, 0.25) is 5.92 Å². The predicted octanol–water partition coefficient (Wildman–Crippen LogP) is 5.01. The van der Waals surface area contributed by atoms with E-state index >= 15 is 0 Å². The Hall–Kier alpha value is -3.13. The average Bonchev–Trinajstić information content (AvgIpc) is 3.32. The number of nitrogens with zero attached hydrogens (tertiary/aromatic N) is 4. The van der Waals surface area contributed by atoms with Gasteiger partial charge in [0.15, 0.2) is 6.19 Å². The molecule has 3 atom stereocenters. The third-order valence-corrected chi connectivity index (χ3v) is 7.75. The molecule has 4 rings (SSSR count). The van der Waals surface area contributed by atoms with Crippen molar-refractivity contribution >= 4 is 29.5 Å². The van der Waals surface area contributed by atoms with E-state index in [1.807, 2.05) is 25.4 Å². The fraction of sp³-hybridized carbons (Fsp3) is 0.533. The van der Waals surface area contributed by atoms with Crippen molar-refractivity contribution in [2.45, 2.75) is 88.4 Å². The maximum absolute atomic E-state index is 13.6. The van der Waals surface area contributed by atoms with E-state index in [0.717, 1.165) is 5.56 Å². The van der Waals surface area contributed by atoms with Crippen LogP contribution in [0.2, 0.25) is 5.02 Å². The van der Waals surface area contributed by atoms with E-state index < -0.39 is 30.0 Å². The SMILES string of the molecule is CC(C)(C)c1ccc(N(C(=O)C2CC(O)CN2C#N)C(C=O)c2cncc(Cl)c2)cc1.CNC1CCC(F)(F)CC1. The quantitative estimate of drug-likeness (QED) is 0.360. The van der Waals surface area contributed by atoms with Crippen LogP contribution >= 0.6 is 11.6 Å². The van der Waals surface area contributed by atoms with Crippen molar-refractivity contribution in [3.8, 4) is 6.19 Å². The molecule has 1 saturated heterocycles. The molecule has 1 aromatic heterocycles. The normalized spacial score (nSPS) is 21.3. The molecule has 0 spiro atoms. The zero-order valence-corrected chi connectivity index (χ0v) is 24.6. The molecule has 1 aliphatic carbocycles. The van der Waals surface area contributed by atoms with E-state index in [4.69, 9.17) is 11.6 Å². The van der Waals surface area contributed by atoms with Crippen LogP contribution < -0.4 is 10.2 Å². The predicted molar refractivity (Wildman–Crippen MR) is 154 cm³/mol. The van der Waals surface area contributed by atoms with Gasteiger partial charge in [0.25, 0.3) is 5.91 Å². The highest BCUT2D eigenvalue weighted by Crippen LogP contribution is 2.34. The molecule has 3 unspecified atom stereocenters. The number of pyridine rings is 1. The minimum atomic E-state index is -2.38. The number of carbonyl (C=O) groups is 2. The van der Waals surface area contributed by atoms with E-state index in [-0.39, 0.29) is 31.2 Å². The fourth-order valence-corrected chi connectivity index (χ4v) is 5.26. The second-order valence-corrected chi connectivity index (χ2v) is 12.0. The summed E-state index contributed by atoms with van der Waals surface area (Å²) in [4.78, 5) is 32.5. The van der Waals surface area contributed by atoms with Crippen molar-refractivity contribution in [1.82, 2.24) is 15.2 Å². The summed E-state index contributed by atoms with van der Waals surface area (Å²) in [7, 11) is 1.83. The lowest BCUT2D eigenvalue weighted by Crippen LogP contribution is -2.46. The number of aromatic nitrogens is 1. The summed E-state index contributed by atoms with van der Waals surface area (Å²) in [6.45, 7) is 6.33. The van der Waals surface area contributed by atoms with Crippen LogP contribution in [0.5, 0.6) is 0 Å². The zero-order valence-electron chi connectivity index (χ0n) is 23.9. The monoisotopic (exact) mass is 589 g/mol. The number of likely N-dealkylation sites (tertiary alicyclic amines) is 1. The summed E-state index contributed by atoms with van der Waals surface area (Å²) in [6, 6.07) is 7.46. The Kier molecular flexibility index (Phi) is 10.8. The molecule has 8 nitrogen and oxygen atoms in total. The molecule has 2 aliphatic rings. The average molecular weight is 590 g/mol. The Morgan fingerprint density at radius 3 is 2.41 bits per heavy atom. The number of β-amino-alcohol motifs (C(OH)–C–C–N with tert-alkyl or cyclic N) is 1.